The van der Waals surface area contributed by atoms with Gasteiger partial charge in [0.25, 0.3) is 0 Å². The van der Waals surface area contributed by atoms with Crippen molar-refractivity contribution in [1.82, 2.24) is 9.55 Å². The number of carboxylic acids is 1. The molecule has 0 aliphatic carbocycles. The van der Waals surface area contributed by atoms with E-state index in [1.165, 1.54) is 0 Å². The van der Waals surface area contributed by atoms with Crippen LogP contribution in [0.2, 0.25) is 0 Å². The molecule has 118 valence electrons. The van der Waals surface area contributed by atoms with Crippen LogP contribution >= 0.6 is 0 Å². The van der Waals surface area contributed by atoms with Gasteiger partial charge in [0.1, 0.15) is 11.9 Å². The van der Waals surface area contributed by atoms with Crippen molar-refractivity contribution >= 4 is 17.0 Å². The molecule has 1 aromatic heterocycles. The molecule has 1 unspecified atom stereocenters. The molecule has 1 N–H and O–H groups in total. The molecular weight excluding hydrogens is 288 g/mol. The number of carboxylic acid groups (broad SMARTS) is 1. The Morgan fingerprint density at radius 1 is 1.13 bits per heavy atom. The van der Waals surface area contributed by atoms with Crippen LogP contribution in [0.15, 0.2) is 36.4 Å². The van der Waals surface area contributed by atoms with Crippen LogP contribution in [-0.4, -0.2) is 20.6 Å². The zero-order chi connectivity index (χ0) is 16.7. The second-order valence-corrected chi connectivity index (χ2v) is 6.11. The number of aromatic nitrogens is 2. The van der Waals surface area contributed by atoms with Crippen molar-refractivity contribution in [3.8, 4) is 11.4 Å². The SMILES string of the molecule is Cc1cccc(-c2nc3cc(C)c(C)cc3n2C(C)C(=O)O)c1. The number of imidazole rings is 1. The van der Waals surface area contributed by atoms with Crippen LogP contribution in [0.1, 0.15) is 29.7 Å². The summed E-state index contributed by atoms with van der Waals surface area (Å²) >= 11 is 0. The van der Waals surface area contributed by atoms with Gasteiger partial charge in [-0.2, -0.15) is 0 Å². The summed E-state index contributed by atoms with van der Waals surface area (Å²) in [5.74, 6) is -0.167. The zero-order valence-electron chi connectivity index (χ0n) is 13.8. The first kappa shape index (κ1) is 15.3. The van der Waals surface area contributed by atoms with E-state index in [1.54, 1.807) is 6.92 Å². The fraction of sp³-hybridized carbons (Fsp3) is 0.263. The lowest BCUT2D eigenvalue weighted by Crippen LogP contribution is -2.16. The van der Waals surface area contributed by atoms with Gasteiger partial charge in [0.05, 0.1) is 11.0 Å². The standard InChI is InChI=1S/C19H20N2O2/c1-11-6-5-7-15(8-11)18-20-16-9-12(2)13(3)10-17(16)21(18)14(4)19(22)23/h5-10,14H,1-4H3,(H,22,23). The van der Waals surface area contributed by atoms with Gasteiger partial charge in [-0.3, -0.25) is 0 Å². The number of rotatable bonds is 3. The van der Waals surface area contributed by atoms with E-state index < -0.39 is 12.0 Å². The second-order valence-electron chi connectivity index (χ2n) is 6.11. The third kappa shape index (κ3) is 2.61. The summed E-state index contributed by atoms with van der Waals surface area (Å²) in [5, 5.41) is 9.51. The van der Waals surface area contributed by atoms with E-state index in [1.807, 2.05) is 61.7 Å². The minimum absolute atomic E-state index is 0.683. The molecule has 0 saturated heterocycles. The van der Waals surface area contributed by atoms with Crippen LogP contribution in [-0.2, 0) is 4.79 Å². The maximum atomic E-state index is 11.6. The molecule has 3 rings (SSSR count). The van der Waals surface area contributed by atoms with Crippen LogP contribution in [0.4, 0.5) is 0 Å². The molecule has 0 radical (unpaired) electrons. The van der Waals surface area contributed by atoms with Crippen LogP contribution in [0.5, 0.6) is 0 Å². The first-order valence-electron chi connectivity index (χ1n) is 7.67. The zero-order valence-corrected chi connectivity index (χ0v) is 13.8. The first-order chi connectivity index (χ1) is 10.9. The monoisotopic (exact) mass is 308 g/mol. The van der Waals surface area contributed by atoms with E-state index in [4.69, 9.17) is 4.98 Å². The van der Waals surface area contributed by atoms with Gasteiger partial charge < -0.3 is 9.67 Å². The highest BCUT2D eigenvalue weighted by molar-refractivity contribution is 5.85. The van der Waals surface area contributed by atoms with E-state index in [9.17, 15) is 9.90 Å². The first-order valence-corrected chi connectivity index (χ1v) is 7.67. The second kappa shape index (κ2) is 5.54. The third-order valence-corrected chi connectivity index (χ3v) is 4.33. The van der Waals surface area contributed by atoms with E-state index in [2.05, 4.69) is 0 Å². The van der Waals surface area contributed by atoms with Gasteiger partial charge >= 0.3 is 5.97 Å². The number of aliphatic carboxylic acids is 1. The molecule has 1 heterocycles. The molecule has 0 aliphatic rings. The number of hydrogen-bond donors (Lipinski definition) is 1. The van der Waals surface area contributed by atoms with Crippen molar-refractivity contribution in [3.05, 3.63) is 53.1 Å². The Bertz CT molecular complexity index is 909. The van der Waals surface area contributed by atoms with Crippen LogP contribution in [0.25, 0.3) is 22.4 Å². The molecular formula is C19H20N2O2. The molecule has 1 atom stereocenters. The van der Waals surface area contributed by atoms with Crippen molar-refractivity contribution in [1.29, 1.82) is 0 Å². The van der Waals surface area contributed by atoms with E-state index in [-0.39, 0.29) is 0 Å². The lowest BCUT2D eigenvalue weighted by Gasteiger charge is -2.14. The number of benzene rings is 2. The van der Waals surface area contributed by atoms with E-state index in [0.717, 1.165) is 33.3 Å². The van der Waals surface area contributed by atoms with Gasteiger partial charge in [0.15, 0.2) is 0 Å². The predicted molar refractivity (Wildman–Crippen MR) is 91.7 cm³/mol. The molecule has 4 heteroatoms. The molecule has 0 bridgehead atoms. The Morgan fingerprint density at radius 2 is 1.83 bits per heavy atom. The number of hydrogen-bond acceptors (Lipinski definition) is 2. The Balaban J connectivity index is 2.36. The van der Waals surface area contributed by atoms with Crippen molar-refractivity contribution in [2.45, 2.75) is 33.7 Å². The Kier molecular flexibility index (Phi) is 3.68. The summed E-state index contributed by atoms with van der Waals surface area (Å²) in [6.07, 6.45) is 0. The lowest BCUT2D eigenvalue weighted by molar-refractivity contribution is -0.140. The van der Waals surface area contributed by atoms with Gasteiger partial charge in [-0.05, 0) is 57.0 Å². The van der Waals surface area contributed by atoms with Crippen LogP contribution in [0, 0.1) is 20.8 Å². The topological polar surface area (TPSA) is 55.1 Å². The molecule has 0 aliphatic heterocycles. The Morgan fingerprint density at radius 3 is 2.48 bits per heavy atom. The summed E-state index contributed by atoms with van der Waals surface area (Å²) in [4.78, 5) is 16.3. The van der Waals surface area contributed by atoms with E-state index in [0.29, 0.717) is 5.82 Å². The van der Waals surface area contributed by atoms with E-state index >= 15 is 0 Å². The van der Waals surface area contributed by atoms with Gasteiger partial charge in [-0.25, -0.2) is 9.78 Å². The molecule has 0 fully saturated rings. The minimum atomic E-state index is -0.864. The van der Waals surface area contributed by atoms with Crippen molar-refractivity contribution in [2.75, 3.05) is 0 Å². The van der Waals surface area contributed by atoms with Crippen molar-refractivity contribution in [3.63, 3.8) is 0 Å². The summed E-state index contributed by atoms with van der Waals surface area (Å²) < 4.78 is 1.82. The summed E-state index contributed by atoms with van der Waals surface area (Å²) in [7, 11) is 0. The average molecular weight is 308 g/mol. The molecule has 2 aromatic carbocycles. The molecule has 0 amide bonds. The number of nitrogens with zero attached hydrogens (tertiary/aromatic N) is 2. The number of aryl methyl sites for hydroxylation is 3. The normalized spacial score (nSPS) is 12.5. The van der Waals surface area contributed by atoms with Gasteiger partial charge in [0.2, 0.25) is 0 Å². The average Bonchev–Trinajstić information content (AvgIpc) is 2.85. The van der Waals surface area contributed by atoms with Gasteiger partial charge in [0, 0.05) is 5.56 Å². The predicted octanol–water partition coefficient (Wildman–Crippen LogP) is 4.27. The maximum absolute atomic E-state index is 11.6. The minimum Gasteiger partial charge on any atom is -0.480 e. The molecule has 3 aromatic rings. The fourth-order valence-corrected chi connectivity index (χ4v) is 2.84. The highest BCUT2D eigenvalue weighted by Gasteiger charge is 2.22. The molecule has 0 spiro atoms. The molecule has 4 nitrogen and oxygen atoms in total. The number of fused-ring (bicyclic) bond motifs is 1. The highest BCUT2D eigenvalue weighted by Crippen LogP contribution is 2.30. The summed E-state index contributed by atoms with van der Waals surface area (Å²) in [6, 6.07) is 11.4. The number of carbonyl (C=O) groups is 1. The van der Waals surface area contributed by atoms with Crippen molar-refractivity contribution < 1.29 is 9.90 Å². The van der Waals surface area contributed by atoms with Crippen LogP contribution < -0.4 is 0 Å². The fourth-order valence-electron chi connectivity index (χ4n) is 2.84. The molecule has 0 saturated carbocycles. The smallest absolute Gasteiger partial charge is 0.326 e. The Labute approximate surface area is 135 Å². The quantitative estimate of drug-likeness (QED) is 0.786. The third-order valence-electron chi connectivity index (χ3n) is 4.33. The highest BCUT2D eigenvalue weighted by atomic mass is 16.4. The van der Waals surface area contributed by atoms with Crippen LogP contribution in [0.3, 0.4) is 0 Å². The largest absolute Gasteiger partial charge is 0.480 e. The van der Waals surface area contributed by atoms with Gasteiger partial charge in [-0.1, -0.05) is 23.8 Å². The lowest BCUT2D eigenvalue weighted by atomic mass is 10.1. The maximum Gasteiger partial charge on any atom is 0.326 e. The van der Waals surface area contributed by atoms with Gasteiger partial charge in [-0.15, -0.1) is 0 Å². The Hall–Kier alpha value is -2.62. The summed E-state index contributed by atoms with van der Waals surface area (Å²) in [6.45, 7) is 7.79. The molecule has 23 heavy (non-hydrogen) atoms. The summed E-state index contributed by atoms with van der Waals surface area (Å²) in [5.41, 5.74) is 6.03. The van der Waals surface area contributed by atoms with Crippen molar-refractivity contribution in [2.24, 2.45) is 0 Å².